The molecule has 0 saturated carbocycles. The number of ether oxygens (including phenoxy) is 1. The van der Waals surface area contributed by atoms with Crippen LogP contribution in [0.15, 0.2) is 18.2 Å². The Morgan fingerprint density at radius 3 is 2.78 bits per heavy atom. The van der Waals surface area contributed by atoms with Crippen LogP contribution in [-0.4, -0.2) is 19.6 Å². The maximum atomic E-state index is 11.7. The molecule has 3 N–H and O–H groups in total. The zero-order valence-corrected chi connectivity index (χ0v) is 11.3. The summed E-state index contributed by atoms with van der Waals surface area (Å²) in [6.45, 7) is 4.96. The van der Waals surface area contributed by atoms with Crippen molar-refractivity contribution in [2.45, 2.75) is 26.8 Å². The summed E-state index contributed by atoms with van der Waals surface area (Å²) in [6.07, 6.45) is 0.716. The number of rotatable bonds is 6. The summed E-state index contributed by atoms with van der Waals surface area (Å²) >= 11 is 0. The lowest BCUT2D eigenvalue weighted by Crippen LogP contribution is -2.29. The second-order valence-corrected chi connectivity index (χ2v) is 4.50. The molecule has 0 radical (unpaired) electrons. The van der Waals surface area contributed by atoms with E-state index in [2.05, 4.69) is 5.32 Å². The van der Waals surface area contributed by atoms with Gasteiger partial charge in [0, 0.05) is 12.5 Å². The van der Waals surface area contributed by atoms with Gasteiger partial charge in [0.15, 0.2) is 0 Å². The zero-order chi connectivity index (χ0) is 13.5. The van der Waals surface area contributed by atoms with Gasteiger partial charge in [0.1, 0.15) is 5.75 Å². The van der Waals surface area contributed by atoms with E-state index in [1.165, 1.54) is 0 Å². The van der Waals surface area contributed by atoms with Gasteiger partial charge in [-0.15, -0.1) is 0 Å². The van der Waals surface area contributed by atoms with Crippen molar-refractivity contribution in [2.24, 2.45) is 11.7 Å². The van der Waals surface area contributed by atoms with Gasteiger partial charge in [0.25, 0.3) is 0 Å². The van der Waals surface area contributed by atoms with Crippen molar-refractivity contribution in [3.63, 3.8) is 0 Å². The maximum Gasteiger partial charge on any atom is 0.223 e. The average Bonchev–Trinajstić information content (AvgIpc) is 2.36. The summed E-state index contributed by atoms with van der Waals surface area (Å²) in [7, 11) is 1.65. The first-order valence-electron chi connectivity index (χ1n) is 6.19. The minimum absolute atomic E-state index is 0.0330. The third kappa shape index (κ3) is 4.04. The molecule has 0 aliphatic carbocycles. The Morgan fingerprint density at radius 1 is 1.50 bits per heavy atom. The molecule has 0 fully saturated rings. The SMILES string of the molecule is COc1ccc(CNC(=O)C(C)CCN)cc1C. The molecule has 100 valence electrons. The van der Waals surface area contributed by atoms with Crippen molar-refractivity contribution in [3.8, 4) is 5.75 Å². The lowest BCUT2D eigenvalue weighted by atomic mass is 10.1. The second kappa shape index (κ2) is 7.01. The van der Waals surface area contributed by atoms with Gasteiger partial charge in [0.05, 0.1) is 7.11 Å². The molecule has 0 aliphatic heterocycles. The largest absolute Gasteiger partial charge is 0.496 e. The topological polar surface area (TPSA) is 64.3 Å². The molecule has 0 aliphatic rings. The van der Waals surface area contributed by atoms with E-state index in [9.17, 15) is 4.79 Å². The van der Waals surface area contributed by atoms with Crippen LogP contribution >= 0.6 is 0 Å². The Hall–Kier alpha value is -1.55. The Labute approximate surface area is 109 Å². The van der Waals surface area contributed by atoms with Gasteiger partial charge >= 0.3 is 0 Å². The monoisotopic (exact) mass is 250 g/mol. The van der Waals surface area contributed by atoms with Crippen LogP contribution in [0.25, 0.3) is 0 Å². The Kier molecular flexibility index (Phi) is 5.65. The van der Waals surface area contributed by atoms with E-state index in [1.54, 1.807) is 7.11 Å². The smallest absolute Gasteiger partial charge is 0.223 e. The number of benzene rings is 1. The lowest BCUT2D eigenvalue weighted by Gasteiger charge is -2.12. The number of nitrogens with two attached hydrogens (primary N) is 1. The minimum atomic E-state index is -0.0330. The first-order valence-corrected chi connectivity index (χ1v) is 6.19. The van der Waals surface area contributed by atoms with Crippen LogP contribution in [0, 0.1) is 12.8 Å². The van der Waals surface area contributed by atoms with Crippen LogP contribution in [0.3, 0.4) is 0 Å². The van der Waals surface area contributed by atoms with Crippen molar-refractivity contribution in [1.29, 1.82) is 0 Å². The lowest BCUT2D eigenvalue weighted by molar-refractivity contribution is -0.124. The van der Waals surface area contributed by atoms with Gasteiger partial charge in [-0.25, -0.2) is 0 Å². The van der Waals surface area contributed by atoms with E-state index in [-0.39, 0.29) is 11.8 Å². The molecule has 4 heteroatoms. The van der Waals surface area contributed by atoms with Gasteiger partial charge in [-0.2, -0.15) is 0 Å². The third-order valence-corrected chi connectivity index (χ3v) is 2.97. The van der Waals surface area contributed by atoms with Crippen LogP contribution in [-0.2, 0) is 11.3 Å². The molecule has 0 heterocycles. The molecule has 0 saturated heterocycles. The molecule has 1 atom stereocenters. The fraction of sp³-hybridized carbons (Fsp3) is 0.500. The maximum absolute atomic E-state index is 11.7. The molecule has 0 bridgehead atoms. The van der Waals surface area contributed by atoms with Crippen LogP contribution in [0.5, 0.6) is 5.75 Å². The normalized spacial score (nSPS) is 12.0. The number of carbonyl (C=O) groups is 1. The molecular formula is C14H22N2O2. The number of nitrogens with one attached hydrogen (secondary N) is 1. The highest BCUT2D eigenvalue weighted by Gasteiger charge is 2.11. The van der Waals surface area contributed by atoms with E-state index in [1.807, 2.05) is 32.0 Å². The van der Waals surface area contributed by atoms with Crippen molar-refractivity contribution in [2.75, 3.05) is 13.7 Å². The first-order chi connectivity index (χ1) is 8.58. The fourth-order valence-corrected chi connectivity index (χ4v) is 1.79. The third-order valence-electron chi connectivity index (χ3n) is 2.97. The summed E-state index contributed by atoms with van der Waals surface area (Å²) < 4.78 is 5.19. The number of amides is 1. The van der Waals surface area contributed by atoms with Crippen molar-refractivity contribution in [1.82, 2.24) is 5.32 Å². The molecular weight excluding hydrogens is 228 g/mol. The second-order valence-electron chi connectivity index (χ2n) is 4.50. The van der Waals surface area contributed by atoms with Crippen molar-refractivity contribution in [3.05, 3.63) is 29.3 Å². The average molecular weight is 250 g/mol. The number of aryl methyl sites for hydroxylation is 1. The zero-order valence-electron chi connectivity index (χ0n) is 11.3. The highest BCUT2D eigenvalue weighted by molar-refractivity contribution is 5.78. The van der Waals surface area contributed by atoms with Gasteiger partial charge in [-0.05, 0) is 37.1 Å². The Morgan fingerprint density at radius 2 is 2.22 bits per heavy atom. The molecule has 1 aromatic carbocycles. The number of carbonyl (C=O) groups excluding carboxylic acids is 1. The van der Waals surface area contributed by atoms with E-state index >= 15 is 0 Å². The Balaban J connectivity index is 2.53. The van der Waals surface area contributed by atoms with E-state index in [0.717, 1.165) is 16.9 Å². The van der Waals surface area contributed by atoms with Crippen LogP contribution in [0.1, 0.15) is 24.5 Å². The molecule has 18 heavy (non-hydrogen) atoms. The summed E-state index contributed by atoms with van der Waals surface area (Å²) in [5.41, 5.74) is 7.57. The quantitative estimate of drug-likeness (QED) is 0.806. The van der Waals surface area contributed by atoms with E-state index in [0.29, 0.717) is 19.5 Å². The van der Waals surface area contributed by atoms with Gasteiger partial charge in [-0.3, -0.25) is 4.79 Å². The number of hydrogen-bond acceptors (Lipinski definition) is 3. The summed E-state index contributed by atoms with van der Waals surface area (Å²) in [6, 6.07) is 5.90. The standard InChI is InChI=1S/C14H22N2O2/c1-10(6-7-15)14(17)16-9-12-4-5-13(18-3)11(2)8-12/h4-5,8,10H,6-7,9,15H2,1-3H3,(H,16,17). The van der Waals surface area contributed by atoms with Crippen molar-refractivity contribution < 1.29 is 9.53 Å². The number of hydrogen-bond donors (Lipinski definition) is 2. The van der Waals surface area contributed by atoms with Crippen LogP contribution in [0.4, 0.5) is 0 Å². The summed E-state index contributed by atoms with van der Waals surface area (Å²) in [5, 5.41) is 2.91. The first kappa shape index (κ1) is 14.5. The van der Waals surface area contributed by atoms with Gasteiger partial charge in [-0.1, -0.05) is 19.1 Å². The molecule has 1 rings (SSSR count). The predicted octanol–water partition coefficient (Wildman–Crippen LogP) is 1.60. The summed E-state index contributed by atoms with van der Waals surface area (Å²) in [4.78, 5) is 11.7. The molecule has 1 aromatic rings. The predicted molar refractivity (Wildman–Crippen MR) is 72.4 cm³/mol. The number of methoxy groups -OCH3 is 1. The van der Waals surface area contributed by atoms with E-state index in [4.69, 9.17) is 10.5 Å². The van der Waals surface area contributed by atoms with Gasteiger partial charge < -0.3 is 15.8 Å². The molecule has 1 unspecified atom stereocenters. The molecule has 4 nitrogen and oxygen atoms in total. The van der Waals surface area contributed by atoms with Crippen LogP contribution in [0.2, 0.25) is 0 Å². The summed E-state index contributed by atoms with van der Waals surface area (Å²) in [5.74, 6) is 0.879. The molecule has 1 amide bonds. The minimum Gasteiger partial charge on any atom is -0.496 e. The highest BCUT2D eigenvalue weighted by Crippen LogP contribution is 2.18. The van der Waals surface area contributed by atoms with Gasteiger partial charge in [0.2, 0.25) is 5.91 Å². The molecule has 0 spiro atoms. The van der Waals surface area contributed by atoms with Crippen LogP contribution < -0.4 is 15.8 Å². The van der Waals surface area contributed by atoms with Crippen molar-refractivity contribution >= 4 is 5.91 Å². The van der Waals surface area contributed by atoms with E-state index < -0.39 is 0 Å². The highest BCUT2D eigenvalue weighted by atomic mass is 16.5. The fourth-order valence-electron chi connectivity index (χ4n) is 1.79. The Bertz CT molecular complexity index is 405. The molecule has 0 aromatic heterocycles.